The van der Waals surface area contributed by atoms with Gasteiger partial charge < -0.3 is 0 Å². The molecule has 0 amide bonds. The van der Waals surface area contributed by atoms with E-state index in [9.17, 15) is 13.2 Å². The van der Waals surface area contributed by atoms with Crippen molar-refractivity contribution in [2.24, 2.45) is 4.99 Å². The van der Waals surface area contributed by atoms with Crippen molar-refractivity contribution in [1.82, 2.24) is 0 Å². The second kappa shape index (κ2) is 4.35. The number of halogens is 3. The minimum atomic E-state index is -4.46. The molecule has 2 nitrogen and oxygen atoms in total. The third-order valence-electron chi connectivity index (χ3n) is 2.06. The Kier molecular flexibility index (Phi) is 3.33. The van der Waals surface area contributed by atoms with E-state index >= 15 is 0 Å². The first-order chi connectivity index (χ1) is 7.36. The Balaban J connectivity index is 3.27. The number of hydrogen-bond acceptors (Lipinski definition) is 2. The van der Waals surface area contributed by atoms with Crippen LogP contribution in [-0.4, -0.2) is 11.9 Å². The first kappa shape index (κ1) is 12.2. The predicted molar refractivity (Wildman–Crippen MR) is 54.7 cm³/mol. The summed E-state index contributed by atoms with van der Waals surface area (Å²) >= 11 is 0. The van der Waals surface area contributed by atoms with Crippen LogP contribution in [-0.2, 0) is 0 Å². The van der Waals surface area contributed by atoms with Gasteiger partial charge >= 0.3 is 6.18 Å². The lowest BCUT2D eigenvalue weighted by Crippen LogP contribution is -2.19. The summed E-state index contributed by atoms with van der Waals surface area (Å²) in [6.45, 7) is 2.53. The summed E-state index contributed by atoms with van der Waals surface area (Å²) in [6.07, 6.45) is -4.46. The van der Waals surface area contributed by atoms with Gasteiger partial charge in [0, 0.05) is 0 Å². The average molecular weight is 226 g/mol. The van der Waals surface area contributed by atoms with E-state index < -0.39 is 11.9 Å². The van der Waals surface area contributed by atoms with E-state index in [-0.39, 0.29) is 11.3 Å². The number of alkyl halides is 3. The lowest BCUT2D eigenvalue weighted by atomic mass is 10.1. The molecule has 0 heterocycles. The molecule has 1 rings (SSSR count). The van der Waals surface area contributed by atoms with E-state index in [1.54, 1.807) is 19.1 Å². The fourth-order valence-electron chi connectivity index (χ4n) is 1.13. The van der Waals surface area contributed by atoms with Crippen LogP contribution in [0.25, 0.3) is 0 Å². The van der Waals surface area contributed by atoms with E-state index in [2.05, 4.69) is 4.99 Å². The molecule has 0 aliphatic carbocycles. The molecule has 0 saturated carbocycles. The Labute approximate surface area is 91.0 Å². The second-order valence-electron chi connectivity index (χ2n) is 3.28. The molecule has 0 spiro atoms. The SMILES string of the molecule is CC(=Nc1cccc(C)c1C#N)C(F)(F)F. The van der Waals surface area contributed by atoms with Crippen LogP contribution in [0.15, 0.2) is 23.2 Å². The maximum absolute atomic E-state index is 12.3. The number of hydrogen-bond donors (Lipinski definition) is 0. The summed E-state index contributed by atoms with van der Waals surface area (Å²) < 4.78 is 36.8. The van der Waals surface area contributed by atoms with E-state index in [0.717, 1.165) is 6.92 Å². The quantitative estimate of drug-likeness (QED) is 0.675. The molecule has 5 heteroatoms. The summed E-state index contributed by atoms with van der Waals surface area (Å²) in [5, 5.41) is 8.81. The van der Waals surface area contributed by atoms with Gasteiger partial charge in [-0.25, -0.2) is 4.99 Å². The Morgan fingerprint density at radius 3 is 2.50 bits per heavy atom. The van der Waals surface area contributed by atoms with Crippen LogP contribution >= 0.6 is 0 Å². The molecular weight excluding hydrogens is 217 g/mol. The average Bonchev–Trinajstić information content (AvgIpc) is 2.16. The van der Waals surface area contributed by atoms with E-state index in [1.807, 2.05) is 6.07 Å². The first-order valence-electron chi connectivity index (χ1n) is 4.48. The van der Waals surface area contributed by atoms with Crippen LogP contribution in [0.2, 0.25) is 0 Å². The molecule has 0 bridgehead atoms. The van der Waals surface area contributed by atoms with Crippen molar-refractivity contribution in [2.75, 3.05) is 0 Å². The number of aryl methyl sites for hydroxylation is 1. The Morgan fingerprint density at radius 2 is 2.00 bits per heavy atom. The van der Waals surface area contributed by atoms with Crippen LogP contribution in [0.5, 0.6) is 0 Å². The predicted octanol–water partition coefficient (Wildman–Crippen LogP) is 3.52. The van der Waals surface area contributed by atoms with Gasteiger partial charge in [0.25, 0.3) is 0 Å². The lowest BCUT2D eigenvalue weighted by Gasteiger charge is -2.06. The third-order valence-corrected chi connectivity index (χ3v) is 2.06. The molecule has 84 valence electrons. The number of aliphatic imine (C=N–C) groups is 1. The molecule has 0 fully saturated rings. The van der Waals surface area contributed by atoms with Crippen molar-refractivity contribution in [2.45, 2.75) is 20.0 Å². The van der Waals surface area contributed by atoms with Gasteiger partial charge in [0.2, 0.25) is 0 Å². The molecule has 16 heavy (non-hydrogen) atoms. The lowest BCUT2D eigenvalue weighted by molar-refractivity contribution is -0.0591. The largest absolute Gasteiger partial charge is 0.429 e. The molecular formula is C11H9F3N2. The number of nitriles is 1. The second-order valence-corrected chi connectivity index (χ2v) is 3.28. The van der Waals surface area contributed by atoms with Crippen molar-refractivity contribution in [3.8, 4) is 6.07 Å². The molecule has 1 aromatic carbocycles. The van der Waals surface area contributed by atoms with E-state index in [0.29, 0.717) is 5.56 Å². The number of benzene rings is 1. The zero-order chi connectivity index (χ0) is 12.3. The molecule has 0 aromatic heterocycles. The summed E-state index contributed by atoms with van der Waals surface area (Å²) in [4.78, 5) is 3.43. The van der Waals surface area contributed by atoms with Crippen molar-refractivity contribution < 1.29 is 13.2 Å². The van der Waals surface area contributed by atoms with Gasteiger partial charge in [0.1, 0.15) is 11.8 Å². The standard InChI is InChI=1S/C11H9F3N2/c1-7-4-3-5-10(9(7)6-15)16-8(2)11(12,13)14/h3-5H,1-2H3. The summed E-state index contributed by atoms with van der Waals surface area (Å²) in [7, 11) is 0. The normalized spacial score (nSPS) is 12.4. The minimum absolute atomic E-state index is 0.0531. The van der Waals surface area contributed by atoms with Crippen LogP contribution in [0.4, 0.5) is 18.9 Å². The fourth-order valence-corrected chi connectivity index (χ4v) is 1.13. The van der Waals surface area contributed by atoms with E-state index in [4.69, 9.17) is 5.26 Å². The summed E-state index contributed by atoms with van der Waals surface area (Å²) in [5.74, 6) is 0. The smallest absolute Gasteiger partial charge is 0.247 e. The summed E-state index contributed by atoms with van der Waals surface area (Å²) in [6, 6.07) is 6.46. The molecule has 0 aliphatic heterocycles. The van der Waals surface area contributed by atoms with Gasteiger partial charge in [-0.3, -0.25) is 0 Å². The third kappa shape index (κ3) is 2.60. The minimum Gasteiger partial charge on any atom is -0.247 e. The van der Waals surface area contributed by atoms with Gasteiger partial charge in [-0.05, 0) is 25.5 Å². The Bertz CT molecular complexity index is 467. The molecule has 0 atom stereocenters. The van der Waals surface area contributed by atoms with Gasteiger partial charge in [0.05, 0.1) is 11.3 Å². The molecule has 0 aliphatic rings. The fraction of sp³-hybridized carbons (Fsp3) is 0.273. The highest BCUT2D eigenvalue weighted by atomic mass is 19.4. The zero-order valence-electron chi connectivity index (χ0n) is 8.76. The Morgan fingerprint density at radius 1 is 1.38 bits per heavy atom. The summed E-state index contributed by atoms with van der Waals surface area (Å²) in [5.41, 5.74) is -0.128. The Hall–Kier alpha value is -1.83. The highest BCUT2D eigenvalue weighted by Gasteiger charge is 2.32. The molecule has 1 aromatic rings. The number of rotatable bonds is 1. The van der Waals surface area contributed by atoms with Gasteiger partial charge in [-0.1, -0.05) is 12.1 Å². The molecule has 0 unspecified atom stereocenters. The maximum atomic E-state index is 12.3. The van der Waals surface area contributed by atoms with E-state index in [1.165, 1.54) is 6.07 Å². The van der Waals surface area contributed by atoms with Gasteiger partial charge in [0.15, 0.2) is 0 Å². The van der Waals surface area contributed by atoms with Crippen LogP contribution < -0.4 is 0 Å². The van der Waals surface area contributed by atoms with Crippen molar-refractivity contribution in [3.63, 3.8) is 0 Å². The van der Waals surface area contributed by atoms with Crippen molar-refractivity contribution >= 4 is 11.4 Å². The first-order valence-corrected chi connectivity index (χ1v) is 4.48. The molecule has 0 N–H and O–H groups in total. The molecule has 0 saturated heterocycles. The van der Waals surface area contributed by atoms with Crippen LogP contribution in [0.1, 0.15) is 18.1 Å². The highest BCUT2D eigenvalue weighted by molar-refractivity contribution is 5.90. The maximum Gasteiger partial charge on any atom is 0.429 e. The monoisotopic (exact) mass is 226 g/mol. The van der Waals surface area contributed by atoms with Gasteiger partial charge in [-0.2, -0.15) is 18.4 Å². The van der Waals surface area contributed by atoms with Crippen molar-refractivity contribution in [1.29, 1.82) is 5.26 Å². The van der Waals surface area contributed by atoms with Crippen LogP contribution in [0.3, 0.4) is 0 Å². The molecule has 0 radical (unpaired) electrons. The topological polar surface area (TPSA) is 36.1 Å². The highest BCUT2D eigenvalue weighted by Crippen LogP contribution is 2.25. The van der Waals surface area contributed by atoms with Crippen LogP contribution in [0, 0.1) is 18.3 Å². The van der Waals surface area contributed by atoms with Crippen molar-refractivity contribution in [3.05, 3.63) is 29.3 Å². The van der Waals surface area contributed by atoms with Gasteiger partial charge in [-0.15, -0.1) is 0 Å². The number of nitrogens with zero attached hydrogens (tertiary/aromatic N) is 2. The zero-order valence-corrected chi connectivity index (χ0v) is 8.76.